The van der Waals surface area contributed by atoms with Crippen molar-refractivity contribution in [3.63, 3.8) is 0 Å². The van der Waals surface area contributed by atoms with Gasteiger partial charge in [-0.3, -0.25) is 9.52 Å². The van der Waals surface area contributed by atoms with Gasteiger partial charge >= 0.3 is 0 Å². The smallest absolute Gasteiger partial charge is 0.261 e. The van der Waals surface area contributed by atoms with E-state index in [2.05, 4.69) is 15.4 Å². The zero-order chi connectivity index (χ0) is 19.0. The second-order valence-electron chi connectivity index (χ2n) is 5.45. The second-order valence-corrected chi connectivity index (χ2v) is 7.13. The summed E-state index contributed by atoms with van der Waals surface area (Å²) in [4.78, 5) is 12.0. The summed E-state index contributed by atoms with van der Waals surface area (Å²) in [7, 11) is -1.94. The molecular formula is C18H24ClN3O4S. The third-order valence-corrected chi connectivity index (χ3v) is 4.90. The van der Waals surface area contributed by atoms with Gasteiger partial charge in [0.25, 0.3) is 15.9 Å². The number of ether oxygens (including phenoxy) is 1. The van der Waals surface area contributed by atoms with E-state index in [0.717, 1.165) is 0 Å². The minimum atomic E-state index is -3.73. The number of sulfonamides is 1. The molecule has 0 saturated carbocycles. The Balaban J connectivity index is 0.00000364. The van der Waals surface area contributed by atoms with Gasteiger partial charge in [0.2, 0.25) is 0 Å². The highest BCUT2D eigenvalue weighted by atomic mass is 35.5. The molecule has 0 aromatic heterocycles. The number of carbonyl (C=O) groups excluding carboxylic acids is 1. The van der Waals surface area contributed by atoms with Crippen molar-refractivity contribution < 1.29 is 17.9 Å². The van der Waals surface area contributed by atoms with Crippen LogP contribution in [0.15, 0.2) is 53.4 Å². The number of amides is 1. The van der Waals surface area contributed by atoms with Gasteiger partial charge in [-0.1, -0.05) is 0 Å². The van der Waals surface area contributed by atoms with Crippen LogP contribution in [0.2, 0.25) is 0 Å². The average molecular weight is 414 g/mol. The summed E-state index contributed by atoms with van der Waals surface area (Å²) in [5.74, 6) is 0.424. The maximum atomic E-state index is 12.5. The number of carbonyl (C=O) groups is 1. The van der Waals surface area contributed by atoms with Gasteiger partial charge in [0.15, 0.2) is 0 Å². The van der Waals surface area contributed by atoms with Crippen LogP contribution in [0.4, 0.5) is 5.69 Å². The first-order chi connectivity index (χ1) is 12.5. The molecule has 0 unspecified atom stereocenters. The van der Waals surface area contributed by atoms with Crippen molar-refractivity contribution in [2.75, 3.05) is 31.5 Å². The lowest BCUT2D eigenvalue weighted by Crippen LogP contribution is -2.30. The summed E-state index contributed by atoms with van der Waals surface area (Å²) in [6, 6.07) is 12.4. The quantitative estimate of drug-likeness (QED) is 0.548. The highest BCUT2D eigenvalue weighted by Crippen LogP contribution is 2.20. The Labute approximate surface area is 166 Å². The van der Waals surface area contributed by atoms with E-state index in [4.69, 9.17) is 4.74 Å². The molecule has 148 valence electrons. The van der Waals surface area contributed by atoms with Gasteiger partial charge < -0.3 is 15.4 Å². The molecule has 1 amide bonds. The fourth-order valence-corrected chi connectivity index (χ4v) is 3.25. The van der Waals surface area contributed by atoms with E-state index in [0.29, 0.717) is 36.7 Å². The van der Waals surface area contributed by atoms with Crippen LogP contribution in [0.3, 0.4) is 0 Å². The number of nitrogens with one attached hydrogen (secondary N) is 3. The average Bonchev–Trinajstić information content (AvgIpc) is 2.63. The molecule has 0 atom stereocenters. The van der Waals surface area contributed by atoms with Crippen molar-refractivity contribution in [2.45, 2.75) is 11.8 Å². The first-order valence-electron chi connectivity index (χ1n) is 8.25. The molecule has 27 heavy (non-hydrogen) atoms. The number of benzene rings is 2. The Hall–Kier alpha value is -2.29. The van der Waals surface area contributed by atoms with E-state index in [1.165, 1.54) is 24.3 Å². The molecule has 9 heteroatoms. The largest absolute Gasteiger partial charge is 0.494 e. The summed E-state index contributed by atoms with van der Waals surface area (Å²) in [5.41, 5.74) is 0.837. The molecule has 0 saturated heterocycles. The number of likely N-dealkylation sites (N-methyl/N-ethyl adjacent to an activating group) is 1. The van der Waals surface area contributed by atoms with Crippen molar-refractivity contribution in [2.24, 2.45) is 0 Å². The van der Waals surface area contributed by atoms with Crippen LogP contribution < -0.4 is 20.1 Å². The number of rotatable bonds is 9. The summed E-state index contributed by atoms with van der Waals surface area (Å²) in [6.07, 6.45) is 0. The van der Waals surface area contributed by atoms with Crippen LogP contribution in [-0.4, -0.2) is 41.1 Å². The van der Waals surface area contributed by atoms with Crippen LogP contribution in [0.25, 0.3) is 0 Å². The van der Waals surface area contributed by atoms with E-state index in [-0.39, 0.29) is 23.2 Å². The zero-order valence-corrected chi connectivity index (χ0v) is 16.8. The minimum Gasteiger partial charge on any atom is -0.494 e. The van der Waals surface area contributed by atoms with E-state index < -0.39 is 10.0 Å². The van der Waals surface area contributed by atoms with Gasteiger partial charge in [-0.05, 0) is 62.5 Å². The van der Waals surface area contributed by atoms with Crippen LogP contribution in [0.5, 0.6) is 5.75 Å². The van der Waals surface area contributed by atoms with Crippen molar-refractivity contribution in [3.8, 4) is 5.75 Å². The van der Waals surface area contributed by atoms with Crippen LogP contribution in [0.1, 0.15) is 17.3 Å². The molecule has 2 rings (SSSR count). The molecule has 2 aromatic carbocycles. The molecule has 0 radical (unpaired) electrons. The summed E-state index contributed by atoms with van der Waals surface area (Å²) in [5, 5.41) is 5.66. The Kier molecular flexibility index (Phi) is 9.07. The Bertz CT molecular complexity index is 825. The van der Waals surface area contributed by atoms with Crippen LogP contribution in [-0.2, 0) is 10.0 Å². The van der Waals surface area contributed by atoms with Gasteiger partial charge in [-0.15, -0.1) is 12.4 Å². The molecule has 0 aliphatic rings. The molecule has 3 N–H and O–H groups in total. The lowest BCUT2D eigenvalue weighted by molar-refractivity contribution is 0.0954. The molecule has 0 fully saturated rings. The summed E-state index contributed by atoms with van der Waals surface area (Å²) < 4.78 is 32.7. The molecule has 0 spiro atoms. The molecule has 0 bridgehead atoms. The van der Waals surface area contributed by atoms with E-state index >= 15 is 0 Å². The highest BCUT2D eigenvalue weighted by molar-refractivity contribution is 7.92. The van der Waals surface area contributed by atoms with Gasteiger partial charge in [0.05, 0.1) is 11.5 Å². The Morgan fingerprint density at radius 1 is 1.00 bits per heavy atom. The molecule has 0 aliphatic heterocycles. The van der Waals surface area contributed by atoms with Crippen molar-refractivity contribution in [1.29, 1.82) is 0 Å². The maximum absolute atomic E-state index is 12.5. The van der Waals surface area contributed by atoms with E-state index in [1.807, 2.05) is 6.92 Å². The first-order valence-corrected chi connectivity index (χ1v) is 9.73. The number of hydrogen-bond acceptors (Lipinski definition) is 5. The van der Waals surface area contributed by atoms with Gasteiger partial charge in [0.1, 0.15) is 5.75 Å². The van der Waals surface area contributed by atoms with Gasteiger partial charge in [-0.2, -0.15) is 0 Å². The SMILES string of the molecule is CCOc1ccc(NS(=O)(=O)c2ccc(C(=O)NCCNC)cc2)cc1.Cl. The monoisotopic (exact) mass is 413 g/mol. The van der Waals surface area contributed by atoms with Crippen LogP contribution in [0, 0.1) is 0 Å². The van der Waals surface area contributed by atoms with Crippen LogP contribution >= 0.6 is 12.4 Å². The standard InChI is InChI=1S/C18H23N3O4S.ClH/c1-3-25-16-8-6-15(7-9-16)21-26(23,24)17-10-4-14(5-11-17)18(22)20-13-12-19-2;/h4-11,19,21H,3,12-13H2,1-2H3,(H,20,22);1H. The Morgan fingerprint density at radius 3 is 2.19 bits per heavy atom. The fraction of sp³-hybridized carbons (Fsp3) is 0.278. The first kappa shape index (κ1) is 22.8. The number of anilines is 1. The van der Waals surface area contributed by atoms with E-state index in [1.54, 1.807) is 31.3 Å². The zero-order valence-electron chi connectivity index (χ0n) is 15.2. The van der Waals surface area contributed by atoms with Gasteiger partial charge in [-0.25, -0.2) is 8.42 Å². The normalized spacial score (nSPS) is 10.6. The highest BCUT2D eigenvalue weighted by Gasteiger charge is 2.15. The lowest BCUT2D eigenvalue weighted by atomic mass is 10.2. The minimum absolute atomic E-state index is 0. The number of hydrogen-bond donors (Lipinski definition) is 3. The maximum Gasteiger partial charge on any atom is 0.261 e. The number of halogens is 1. The topological polar surface area (TPSA) is 96.5 Å². The van der Waals surface area contributed by atoms with Crippen molar-refractivity contribution in [3.05, 3.63) is 54.1 Å². The third-order valence-electron chi connectivity index (χ3n) is 3.50. The summed E-state index contributed by atoms with van der Waals surface area (Å²) >= 11 is 0. The molecule has 7 nitrogen and oxygen atoms in total. The molecule has 0 heterocycles. The predicted molar refractivity (Wildman–Crippen MR) is 108 cm³/mol. The molecule has 0 aliphatic carbocycles. The van der Waals surface area contributed by atoms with E-state index in [9.17, 15) is 13.2 Å². The fourth-order valence-electron chi connectivity index (χ4n) is 2.19. The van der Waals surface area contributed by atoms with Crippen molar-refractivity contribution >= 4 is 34.0 Å². The molecular weight excluding hydrogens is 390 g/mol. The third kappa shape index (κ3) is 6.74. The lowest BCUT2D eigenvalue weighted by Gasteiger charge is -2.10. The summed E-state index contributed by atoms with van der Waals surface area (Å²) in [6.45, 7) is 3.57. The van der Waals surface area contributed by atoms with Gasteiger partial charge in [0, 0.05) is 24.3 Å². The van der Waals surface area contributed by atoms with Crippen molar-refractivity contribution in [1.82, 2.24) is 10.6 Å². The molecule has 2 aromatic rings. The predicted octanol–water partition coefficient (Wildman–Crippen LogP) is 2.26. The Morgan fingerprint density at radius 2 is 1.63 bits per heavy atom. The second kappa shape index (κ2) is 10.8.